The lowest BCUT2D eigenvalue weighted by atomic mass is 9.88. The third-order valence-electron chi connectivity index (χ3n) is 4.55. The number of ether oxygens (including phenoxy) is 1. The van der Waals surface area contributed by atoms with Gasteiger partial charge >= 0.3 is 0 Å². The number of rotatable bonds is 5. The molecule has 0 bridgehead atoms. The molecule has 2 rings (SSSR count). The van der Waals surface area contributed by atoms with E-state index in [0.29, 0.717) is 12.6 Å². The molecule has 3 unspecified atom stereocenters. The maximum absolute atomic E-state index is 13.4. The summed E-state index contributed by atoms with van der Waals surface area (Å²) in [4.78, 5) is 2.46. The molecule has 2 N–H and O–H groups in total. The van der Waals surface area contributed by atoms with Crippen LogP contribution in [0, 0.1) is 5.82 Å². The fraction of sp³-hybridized carbons (Fsp3) is 0.647. The van der Waals surface area contributed by atoms with Crippen molar-refractivity contribution in [1.82, 2.24) is 4.90 Å². The number of hydrogen-bond donors (Lipinski definition) is 1. The van der Waals surface area contributed by atoms with E-state index in [0.717, 1.165) is 31.6 Å². The van der Waals surface area contributed by atoms with Crippen LogP contribution in [0.4, 0.5) is 4.39 Å². The maximum Gasteiger partial charge on any atom is 0.123 e. The van der Waals surface area contributed by atoms with Crippen LogP contribution in [0.1, 0.15) is 32.8 Å². The van der Waals surface area contributed by atoms with E-state index >= 15 is 0 Å². The maximum atomic E-state index is 13.4. The van der Waals surface area contributed by atoms with Gasteiger partial charge in [-0.25, -0.2) is 4.39 Å². The van der Waals surface area contributed by atoms with Gasteiger partial charge in [0.15, 0.2) is 0 Å². The van der Waals surface area contributed by atoms with Gasteiger partial charge in [-0.05, 0) is 44.4 Å². The van der Waals surface area contributed by atoms with Gasteiger partial charge < -0.3 is 10.5 Å². The van der Waals surface area contributed by atoms with Crippen LogP contribution in [0.15, 0.2) is 24.3 Å². The Kier molecular flexibility index (Phi) is 5.36. The summed E-state index contributed by atoms with van der Waals surface area (Å²) in [6, 6.07) is 7.21. The second kappa shape index (κ2) is 6.86. The normalized spacial score (nSPS) is 26.5. The summed E-state index contributed by atoms with van der Waals surface area (Å²) >= 11 is 0. The molecule has 1 aliphatic heterocycles. The SMILES string of the molecule is CCC1COC(C)CN1C(C)(CN)Cc1cccc(F)c1. The van der Waals surface area contributed by atoms with Gasteiger partial charge in [-0.3, -0.25) is 4.90 Å². The van der Waals surface area contributed by atoms with Crippen LogP contribution in [0.5, 0.6) is 0 Å². The molecule has 0 saturated carbocycles. The van der Waals surface area contributed by atoms with Gasteiger partial charge in [-0.15, -0.1) is 0 Å². The standard InChI is InChI=1S/C17H27FN2O/c1-4-16-11-21-13(2)10-20(16)17(3,12-19)9-14-6-5-7-15(18)8-14/h5-8,13,16H,4,9-12,19H2,1-3H3. The van der Waals surface area contributed by atoms with Crippen molar-refractivity contribution in [2.24, 2.45) is 5.73 Å². The molecule has 1 aliphatic rings. The Morgan fingerprint density at radius 1 is 1.48 bits per heavy atom. The summed E-state index contributed by atoms with van der Waals surface area (Å²) < 4.78 is 19.2. The lowest BCUT2D eigenvalue weighted by molar-refractivity contribution is -0.0945. The number of nitrogens with zero attached hydrogens (tertiary/aromatic N) is 1. The molecular weight excluding hydrogens is 267 g/mol. The number of nitrogens with two attached hydrogens (primary N) is 1. The summed E-state index contributed by atoms with van der Waals surface area (Å²) in [5, 5.41) is 0. The predicted octanol–water partition coefficient (Wildman–Crippen LogP) is 2.58. The summed E-state index contributed by atoms with van der Waals surface area (Å²) in [6.45, 7) is 8.62. The number of benzene rings is 1. The average molecular weight is 294 g/mol. The monoisotopic (exact) mass is 294 g/mol. The fourth-order valence-electron chi connectivity index (χ4n) is 3.22. The molecule has 1 aromatic carbocycles. The van der Waals surface area contributed by atoms with Gasteiger partial charge in [0.1, 0.15) is 5.82 Å². The molecule has 3 nitrogen and oxygen atoms in total. The highest BCUT2D eigenvalue weighted by Gasteiger charge is 2.38. The quantitative estimate of drug-likeness (QED) is 0.907. The Morgan fingerprint density at radius 2 is 2.24 bits per heavy atom. The molecule has 0 radical (unpaired) electrons. The second-order valence-corrected chi connectivity index (χ2v) is 6.37. The molecule has 21 heavy (non-hydrogen) atoms. The van der Waals surface area contributed by atoms with E-state index in [-0.39, 0.29) is 17.5 Å². The van der Waals surface area contributed by atoms with Crippen LogP contribution in [-0.4, -0.2) is 42.3 Å². The Bertz CT molecular complexity index is 468. The van der Waals surface area contributed by atoms with Gasteiger partial charge in [0.05, 0.1) is 12.7 Å². The zero-order chi connectivity index (χ0) is 15.5. The number of hydrogen-bond acceptors (Lipinski definition) is 3. The first-order valence-electron chi connectivity index (χ1n) is 7.81. The van der Waals surface area contributed by atoms with E-state index in [1.54, 1.807) is 12.1 Å². The Labute approximate surface area is 127 Å². The van der Waals surface area contributed by atoms with Gasteiger partial charge in [0.25, 0.3) is 0 Å². The van der Waals surface area contributed by atoms with Crippen molar-refractivity contribution in [3.05, 3.63) is 35.6 Å². The highest BCUT2D eigenvalue weighted by atomic mass is 19.1. The van der Waals surface area contributed by atoms with Crippen molar-refractivity contribution in [1.29, 1.82) is 0 Å². The zero-order valence-electron chi connectivity index (χ0n) is 13.3. The van der Waals surface area contributed by atoms with E-state index in [1.807, 2.05) is 6.07 Å². The lowest BCUT2D eigenvalue weighted by Crippen LogP contribution is -2.62. The van der Waals surface area contributed by atoms with Crippen molar-refractivity contribution in [2.45, 2.75) is 51.3 Å². The molecular formula is C17H27FN2O. The van der Waals surface area contributed by atoms with Crippen LogP contribution >= 0.6 is 0 Å². The minimum absolute atomic E-state index is 0.174. The first kappa shape index (κ1) is 16.4. The van der Waals surface area contributed by atoms with E-state index in [1.165, 1.54) is 6.07 Å². The third kappa shape index (κ3) is 3.82. The van der Waals surface area contributed by atoms with Crippen molar-refractivity contribution in [2.75, 3.05) is 19.7 Å². The molecule has 1 aromatic rings. The summed E-state index contributed by atoms with van der Waals surface area (Å²) in [7, 11) is 0. The number of halogens is 1. The summed E-state index contributed by atoms with van der Waals surface area (Å²) in [5.74, 6) is -0.186. The predicted molar refractivity (Wildman–Crippen MR) is 83.8 cm³/mol. The van der Waals surface area contributed by atoms with Crippen LogP contribution in [0.2, 0.25) is 0 Å². The molecule has 4 heteroatoms. The molecule has 0 aliphatic carbocycles. The van der Waals surface area contributed by atoms with Crippen molar-refractivity contribution in [3.63, 3.8) is 0 Å². The van der Waals surface area contributed by atoms with Crippen molar-refractivity contribution >= 4 is 0 Å². The average Bonchev–Trinajstić information content (AvgIpc) is 2.47. The molecule has 0 amide bonds. The molecule has 0 spiro atoms. The van der Waals surface area contributed by atoms with Gasteiger partial charge in [-0.1, -0.05) is 19.1 Å². The van der Waals surface area contributed by atoms with Gasteiger partial charge in [0.2, 0.25) is 0 Å². The Balaban J connectivity index is 2.21. The topological polar surface area (TPSA) is 38.5 Å². The zero-order valence-corrected chi connectivity index (χ0v) is 13.3. The van der Waals surface area contributed by atoms with E-state index in [9.17, 15) is 4.39 Å². The van der Waals surface area contributed by atoms with Crippen LogP contribution in [0.3, 0.4) is 0 Å². The molecule has 0 aromatic heterocycles. The van der Waals surface area contributed by atoms with Crippen molar-refractivity contribution < 1.29 is 9.13 Å². The van der Waals surface area contributed by atoms with E-state index in [2.05, 4.69) is 25.7 Å². The van der Waals surface area contributed by atoms with Gasteiger partial charge in [-0.2, -0.15) is 0 Å². The first-order valence-corrected chi connectivity index (χ1v) is 7.81. The molecule has 1 heterocycles. The van der Waals surface area contributed by atoms with Crippen LogP contribution in [0.25, 0.3) is 0 Å². The summed E-state index contributed by atoms with van der Waals surface area (Å²) in [6.07, 6.45) is 2.00. The van der Waals surface area contributed by atoms with E-state index < -0.39 is 0 Å². The molecule has 1 saturated heterocycles. The molecule has 1 fully saturated rings. The number of morpholine rings is 1. The lowest BCUT2D eigenvalue weighted by Gasteiger charge is -2.49. The second-order valence-electron chi connectivity index (χ2n) is 6.37. The smallest absolute Gasteiger partial charge is 0.123 e. The van der Waals surface area contributed by atoms with Crippen LogP contribution < -0.4 is 5.73 Å². The third-order valence-corrected chi connectivity index (χ3v) is 4.55. The van der Waals surface area contributed by atoms with Gasteiger partial charge in [0, 0.05) is 24.7 Å². The fourth-order valence-corrected chi connectivity index (χ4v) is 3.22. The highest BCUT2D eigenvalue weighted by molar-refractivity contribution is 5.19. The van der Waals surface area contributed by atoms with E-state index in [4.69, 9.17) is 10.5 Å². The molecule has 3 atom stereocenters. The first-order chi connectivity index (χ1) is 9.98. The molecule has 118 valence electrons. The summed E-state index contributed by atoms with van der Waals surface area (Å²) in [5.41, 5.74) is 6.93. The van der Waals surface area contributed by atoms with Crippen molar-refractivity contribution in [3.8, 4) is 0 Å². The minimum Gasteiger partial charge on any atom is -0.376 e. The largest absolute Gasteiger partial charge is 0.376 e. The minimum atomic E-state index is -0.186. The highest BCUT2D eigenvalue weighted by Crippen LogP contribution is 2.27. The Hall–Kier alpha value is -0.970. The Morgan fingerprint density at radius 3 is 2.86 bits per heavy atom. The van der Waals surface area contributed by atoms with Crippen LogP contribution in [-0.2, 0) is 11.2 Å².